The van der Waals surface area contributed by atoms with E-state index in [0.29, 0.717) is 29.8 Å². The molecule has 1 aromatic heterocycles. The quantitative estimate of drug-likeness (QED) is 0.789. The maximum absolute atomic E-state index is 12.4. The average molecular weight is 377 g/mol. The van der Waals surface area contributed by atoms with Crippen LogP contribution in [0.5, 0.6) is 0 Å². The molecule has 0 spiro atoms. The third kappa shape index (κ3) is 5.31. The van der Waals surface area contributed by atoms with E-state index in [4.69, 9.17) is 4.52 Å². The Labute approximate surface area is 161 Å². The summed E-state index contributed by atoms with van der Waals surface area (Å²) in [5.41, 5.74) is 0.387. The number of nitrogens with one attached hydrogen (secondary N) is 1. The van der Waals surface area contributed by atoms with Crippen LogP contribution in [0.25, 0.3) is 0 Å². The first-order valence-corrected chi connectivity index (χ1v) is 10.3. The number of nitrogens with zero attached hydrogens (tertiary/aromatic N) is 3. The zero-order chi connectivity index (χ0) is 19.2. The van der Waals surface area contributed by atoms with E-state index in [9.17, 15) is 9.59 Å². The second-order valence-corrected chi connectivity index (χ2v) is 7.83. The van der Waals surface area contributed by atoms with Gasteiger partial charge in [0.15, 0.2) is 5.69 Å². The average Bonchev–Trinajstić information content (AvgIpc) is 3.33. The summed E-state index contributed by atoms with van der Waals surface area (Å²) in [7, 11) is 0. The van der Waals surface area contributed by atoms with Gasteiger partial charge in [0.25, 0.3) is 5.91 Å². The number of piperidine rings is 1. The minimum absolute atomic E-state index is 0.0555. The number of likely N-dealkylation sites (tertiary alicyclic amines) is 2. The van der Waals surface area contributed by atoms with Crippen LogP contribution in [0.1, 0.15) is 61.7 Å². The number of amides is 2. The van der Waals surface area contributed by atoms with E-state index in [2.05, 4.69) is 22.3 Å². The third-order valence-electron chi connectivity index (χ3n) is 5.97. The zero-order valence-electron chi connectivity index (χ0n) is 16.6. The van der Waals surface area contributed by atoms with Crippen LogP contribution >= 0.6 is 0 Å². The summed E-state index contributed by atoms with van der Waals surface area (Å²) in [6.07, 6.45) is 5.80. The monoisotopic (exact) mass is 376 g/mol. The summed E-state index contributed by atoms with van der Waals surface area (Å²) in [6.45, 7) is 8.41. The molecule has 3 heterocycles. The summed E-state index contributed by atoms with van der Waals surface area (Å²) in [4.78, 5) is 28.9. The van der Waals surface area contributed by atoms with Crippen LogP contribution in [0, 0.1) is 12.8 Å². The SMILES string of the molecule is CCN1CCC[C@@H]1CNC(=O)CCC1CCN(C(=O)c2cc(C)on2)CC1. The Kier molecular flexibility index (Phi) is 6.88. The fourth-order valence-electron chi connectivity index (χ4n) is 4.25. The van der Waals surface area contributed by atoms with Gasteiger partial charge in [0, 0.05) is 38.2 Å². The molecule has 2 saturated heterocycles. The van der Waals surface area contributed by atoms with E-state index < -0.39 is 0 Å². The minimum atomic E-state index is -0.0555. The van der Waals surface area contributed by atoms with Crippen LogP contribution < -0.4 is 5.32 Å². The molecule has 0 aromatic carbocycles. The van der Waals surface area contributed by atoms with Gasteiger partial charge in [-0.15, -0.1) is 0 Å². The van der Waals surface area contributed by atoms with Gasteiger partial charge < -0.3 is 14.7 Å². The van der Waals surface area contributed by atoms with Crippen LogP contribution in [0.3, 0.4) is 0 Å². The summed E-state index contributed by atoms with van der Waals surface area (Å²) >= 11 is 0. The fraction of sp³-hybridized carbons (Fsp3) is 0.750. The summed E-state index contributed by atoms with van der Waals surface area (Å²) < 4.78 is 4.99. The zero-order valence-corrected chi connectivity index (χ0v) is 16.6. The van der Waals surface area contributed by atoms with Crippen molar-refractivity contribution in [1.29, 1.82) is 0 Å². The first-order chi connectivity index (χ1) is 13.1. The molecular formula is C20H32N4O3. The smallest absolute Gasteiger partial charge is 0.276 e. The molecular weight excluding hydrogens is 344 g/mol. The standard InChI is InChI=1S/C20H32N4O3/c1-3-23-10-4-5-17(23)14-21-19(25)7-6-16-8-11-24(12-9-16)20(26)18-13-15(2)27-22-18/h13,16-17H,3-12,14H2,1-2H3,(H,21,25)/t17-/m1/s1. The third-order valence-corrected chi connectivity index (χ3v) is 5.97. The van der Waals surface area contributed by atoms with Crippen molar-refractivity contribution >= 4 is 11.8 Å². The second kappa shape index (κ2) is 9.35. The highest BCUT2D eigenvalue weighted by Crippen LogP contribution is 2.23. The first-order valence-electron chi connectivity index (χ1n) is 10.3. The predicted molar refractivity (Wildman–Crippen MR) is 102 cm³/mol. The van der Waals surface area contributed by atoms with E-state index in [-0.39, 0.29) is 11.8 Å². The molecule has 3 rings (SSSR count). The fourth-order valence-corrected chi connectivity index (χ4v) is 4.25. The van der Waals surface area contributed by atoms with Gasteiger partial charge >= 0.3 is 0 Å². The van der Waals surface area contributed by atoms with Crippen molar-refractivity contribution in [2.75, 3.05) is 32.7 Å². The van der Waals surface area contributed by atoms with Crippen LogP contribution in [0.15, 0.2) is 10.6 Å². The first kappa shape index (κ1) is 19.9. The molecule has 0 bridgehead atoms. The molecule has 150 valence electrons. The van der Waals surface area contributed by atoms with Crippen LogP contribution in [-0.4, -0.2) is 65.5 Å². The Morgan fingerprint density at radius 3 is 2.70 bits per heavy atom. The topological polar surface area (TPSA) is 78.7 Å². The molecule has 0 aliphatic carbocycles. The summed E-state index contributed by atoms with van der Waals surface area (Å²) in [5.74, 6) is 1.27. The number of hydrogen-bond acceptors (Lipinski definition) is 5. The van der Waals surface area contributed by atoms with Gasteiger partial charge in [-0.1, -0.05) is 12.1 Å². The molecule has 0 saturated carbocycles. The van der Waals surface area contributed by atoms with Crippen molar-refractivity contribution < 1.29 is 14.1 Å². The van der Waals surface area contributed by atoms with Crippen molar-refractivity contribution in [3.05, 3.63) is 17.5 Å². The van der Waals surface area contributed by atoms with Crippen LogP contribution in [0.2, 0.25) is 0 Å². The van der Waals surface area contributed by atoms with Gasteiger partial charge in [-0.25, -0.2) is 0 Å². The second-order valence-electron chi connectivity index (χ2n) is 7.83. The molecule has 2 fully saturated rings. The molecule has 27 heavy (non-hydrogen) atoms. The largest absolute Gasteiger partial charge is 0.361 e. The molecule has 1 aromatic rings. The number of carbonyl (C=O) groups excluding carboxylic acids is 2. The van der Waals surface area contributed by atoms with Gasteiger partial charge in [-0.05, 0) is 58.0 Å². The lowest BCUT2D eigenvalue weighted by atomic mass is 9.92. The van der Waals surface area contributed by atoms with Crippen molar-refractivity contribution in [3.8, 4) is 0 Å². The summed E-state index contributed by atoms with van der Waals surface area (Å²) in [5, 5.41) is 6.93. The molecule has 2 aliphatic heterocycles. The van der Waals surface area contributed by atoms with Crippen LogP contribution in [-0.2, 0) is 4.79 Å². The van der Waals surface area contributed by atoms with Gasteiger partial charge in [0.2, 0.25) is 5.91 Å². The van der Waals surface area contributed by atoms with E-state index in [1.807, 2.05) is 4.90 Å². The molecule has 0 unspecified atom stereocenters. The highest BCUT2D eigenvalue weighted by Gasteiger charge is 2.26. The number of carbonyl (C=O) groups is 2. The van der Waals surface area contributed by atoms with Crippen molar-refractivity contribution in [1.82, 2.24) is 20.3 Å². The van der Waals surface area contributed by atoms with Crippen molar-refractivity contribution in [2.45, 2.75) is 58.4 Å². The molecule has 2 amide bonds. The number of aromatic nitrogens is 1. The van der Waals surface area contributed by atoms with Crippen molar-refractivity contribution in [2.24, 2.45) is 5.92 Å². The Morgan fingerprint density at radius 2 is 2.04 bits per heavy atom. The predicted octanol–water partition coefficient (Wildman–Crippen LogP) is 2.22. The van der Waals surface area contributed by atoms with E-state index in [0.717, 1.165) is 52.0 Å². The van der Waals surface area contributed by atoms with Gasteiger partial charge in [-0.3, -0.25) is 14.5 Å². The van der Waals surface area contributed by atoms with Gasteiger partial charge in [0.05, 0.1) is 0 Å². The number of likely N-dealkylation sites (N-methyl/N-ethyl adjacent to an activating group) is 1. The van der Waals surface area contributed by atoms with Gasteiger partial charge in [-0.2, -0.15) is 0 Å². The number of aryl methyl sites for hydroxylation is 1. The maximum Gasteiger partial charge on any atom is 0.276 e. The Balaban J connectivity index is 1.33. The molecule has 2 aliphatic rings. The maximum atomic E-state index is 12.4. The number of rotatable bonds is 7. The Hall–Kier alpha value is -1.89. The van der Waals surface area contributed by atoms with E-state index in [1.165, 1.54) is 12.8 Å². The Morgan fingerprint density at radius 1 is 1.26 bits per heavy atom. The van der Waals surface area contributed by atoms with Gasteiger partial charge in [0.1, 0.15) is 5.76 Å². The molecule has 7 nitrogen and oxygen atoms in total. The van der Waals surface area contributed by atoms with E-state index in [1.54, 1.807) is 13.0 Å². The normalized spacial score (nSPS) is 21.6. The molecule has 1 N–H and O–H groups in total. The Bertz CT molecular complexity index is 637. The lowest BCUT2D eigenvalue weighted by molar-refractivity contribution is -0.121. The van der Waals surface area contributed by atoms with Crippen LogP contribution in [0.4, 0.5) is 0 Å². The lowest BCUT2D eigenvalue weighted by Gasteiger charge is -2.31. The lowest BCUT2D eigenvalue weighted by Crippen LogP contribution is -2.40. The van der Waals surface area contributed by atoms with Crippen molar-refractivity contribution in [3.63, 3.8) is 0 Å². The number of hydrogen-bond donors (Lipinski definition) is 1. The highest BCUT2D eigenvalue weighted by atomic mass is 16.5. The minimum Gasteiger partial charge on any atom is -0.361 e. The molecule has 7 heteroatoms. The van der Waals surface area contributed by atoms with E-state index >= 15 is 0 Å². The molecule has 0 radical (unpaired) electrons. The molecule has 1 atom stereocenters. The highest BCUT2D eigenvalue weighted by molar-refractivity contribution is 5.92. The summed E-state index contributed by atoms with van der Waals surface area (Å²) in [6, 6.07) is 2.19.